The van der Waals surface area contributed by atoms with Gasteiger partial charge in [0.1, 0.15) is 6.26 Å². The van der Waals surface area contributed by atoms with Gasteiger partial charge in [-0.2, -0.15) is 0 Å². The van der Waals surface area contributed by atoms with E-state index in [-0.39, 0.29) is 17.3 Å². The molecule has 1 saturated heterocycles. The topological polar surface area (TPSA) is 75.8 Å². The molecule has 0 spiro atoms. The van der Waals surface area contributed by atoms with Gasteiger partial charge in [-0.15, -0.1) is 0 Å². The number of benzene rings is 1. The lowest BCUT2D eigenvalue weighted by Gasteiger charge is -2.45. The van der Waals surface area contributed by atoms with Crippen LogP contribution in [0.15, 0.2) is 34.9 Å². The minimum Gasteiger partial charge on any atom is -0.476 e. The first-order chi connectivity index (χ1) is 11.3. The first-order valence-electron chi connectivity index (χ1n) is 7.65. The number of oxazole rings is 1. The van der Waals surface area contributed by atoms with Gasteiger partial charge < -0.3 is 14.3 Å². The summed E-state index contributed by atoms with van der Waals surface area (Å²) in [6, 6.07) is 7.62. The molecule has 1 atom stereocenters. The van der Waals surface area contributed by atoms with Crippen molar-refractivity contribution in [1.29, 1.82) is 0 Å². The maximum Gasteiger partial charge on any atom is 0.357 e. The van der Waals surface area contributed by atoms with Crippen molar-refractivity contribution >= 4 is 17.6 Å². The predicted molar refractivity (Wildman–Crippen MR) is 88.1 cm³/mol. The van der Waals surface area contributed by atoms with Crippen LogP contribution in [0.2, 0.25) is 5.02 Å². The van der Waals surface area contributed by atoms with Crippen LogP contribution >= 0.6 is 11.6 Å². The average molecular weight is 351 g/mol. The SMILES string of the molecule is CC1(C)COC(c2cccc(Cl)c2)CN1Cc1nc(C(=O)O)co1. The third-order valence-corrected chi connectivity index (χ3v) is 4.43. The van der Waals surface area contributed by atoms with Gasteiger partial charge in [-0.05, 0) is 31.5 Å². The van der Waals surface area contributed by atoms with Crippen molar-refractivity contribution in [2.45, 2.75) is 32.0 Å². The molecule has 1 fully saturated rings. The van der Waals surface area contributed by atoms with Crippen molar-refractivity contribution in [2.24, 2.45) is 0 Å². The molecule has 2 aromatic rings. The minimum atomic E-state index is -1.09. The normalized spacial score (nSPS) is 20.9. The number of nitrogens with zero attached hydrogens (tertiary/aromatic N) is 2. The van der Waals surface area contributed by atoms with Crippen LogP contribution in [-0.2, 0) is 11.3 Å². The highest BCUT2D eigenvalue weighted by Crippen LogP contribution is 2.32. The van der Waals surface area contributed by atoms with Crippen LogP contribution in [0.3, 0.4) is 0 Å². The van der Waals surface area contributed by atoms with Crippen molar-refractivity contribution in [3.63, 3.8) is 0 Å². The molecule has 0 bridgehead atoms. The third kappa shape index (κ3) is 3.61. The van der Waals surface area contributed by atoms with Crippen LogP contribution in [0.5, 0.6) is 0 Å². The smallest absolute Gasteiger partial charge is 0.357 e. The molecule has 24 heavy (non-hydrogen) atoms. The predicted octanol–water partition coefficient (Wildman–Crippen LogP) is 3.38. The highest BCUT2D eigenvalue weighted by Gasteiger charge is 2.36. The quantitative estimate of drug-likeness (QED) is 0.911. The van der Waals surface area contributed by atoms with E-state index in [1.54, 1.807) is 0 Å². The lowest BCUT2D eigenvalue weighted by atomic mass is 9.98. The number of morpholine rings is 1. The lowest BCUT2D eigenvalue weighted by Crippen LogP contribution is -2.53. The zero-order valence-corrected chi connectivity index (χ0v) is 14.3. The fourth-order valence-corrected chi connectivity index (χ4v) is 2.93. The monoisotopic (exact) mass is 350 g/mol. The van der Waals surface area contributed by atoms with Crippen molar-refractivity contribution in [1.82, 2.24) is 9.88 Å². The molecule has 1 unspecified atom stereocenters. The fraction of sp³-hybridized carbons (Fsp3) is 0.412. The maximum absolute atomic E-state index is 10.9. The number of rotatable bonds is 4. The van der Waals surface area contributed by atoms with Crippen LogP contribution in [0.4, 0.5) is 0 Å². The summed E-state index contributed by atoms with van der Waals surface area (Å²) in [5.41, 5.74) is 0.719. The van der Waals surface area contributed by atoms with Gasteiger partial charge in [-0.3, -0.25) is 4.90 Å². The molecule has 1 aromatic carbocycles. The Kier molecular flexibility index (Phi) is 4.62. The minimum absolute atomic E-state index is 0.0811. The molecule has 1 N–H and O–H groups in total. The average Bonchev–Trinajstić information content (AvgIpc) is 2.98. The Morgan fingerprint density at radius 3 is 2.96 bits per heavy atom. The molecule has 128 valence electrons. The lowest BCUT2D eigenvalue weighted by molar-refractivity contribution is -0.106. The van der Waals surface area contributed by atoms with Gasteiger partial charge >= 0.3 is 5.97 Å². The molecule has 6 nitrogen and oxygen atoms in total. The molecule has 0 radical (unpaired) electrons. The van der Waals surface area contributed by atoms with Crippen LogP contribution in [0, 0.1) is 0 Å². The highest BCUT2D eigenvalue weighted by atomic mass is 35.5. The summed E-state index contributed by atoms with van der Waals surface area (Å²) in [7, 11) is 0. The number of hydrogen-bond donors (Lipinski definition) is 1. The number of aromatic carboxylic acids is 1. The molecule has 0 saturated carbocycles. The number of halogens is 1. The summed E-state index contributed by atoms with van der Waals surface area (Å²) in [6.07, 6.45) is 1.06. The Balaban J connectivity index is 1.77. The first-order valence-corrected chi connectivity index (χ1v) is 8.03. The number of hydrogen-bond acceptors (Lipinski definition) is 5. The van der Waals surface area contributed by atoms with Crippen LogP contribution in [0.25, 0.3) is 0 Å². The third-order valence-electron chi connectivity index (χ3n) is 4.20. The molecule has 3 rings (SSSR count). The summed E-state index contributed by atoms with van der Waals surface area (Å²) < 4.78 is 11.3. The van der Waals surface area contributed by atoms with Gasteiger partial charge in [0.15, 0.2) is 5.69 Å². The molecule has 0 amide bonds. The van der Waals surface area contributed by atoms with E-state index in [0.717, 1.165) is 5.56 Å². The molecule has 2 heterocycles. The van der Waals surface area contributed by atoms with Crippen LogP contribution in [-0.4, -0.2) is 39.7 Å². The summed E-state index contributed by atoms with van der Waals surface area (Å²) in [5, 5.41) is 9.63. The summed E-state index contributed by atoms with van der Waals surface area (Å²) >= 11 is 6.07. The van der Waals surface area contributed by atoms with Gasteiger partial charge in [0.2, 0.25) is 5.89 Å². The van der Waals surface area contributed by atoms with E-state index in [1.165, 1.54) is 6.26 Å². The Morgan fingerprint density at radius 1 is 1.50 bits per heavy atom. The Morgan fingerprint density at radius 2 is 2.29 bits per heavy atom. The molecule has 0 aliphatic carbocycles. The molecule has 7 heteroatoms. The zero-order valence-electron chi connectivity index (χ0n) is 13.5. The standard InChI is InChI=1S/C17H19ClN2O4/c1-17(2)10-24-14(11-4-3-5-12(18)6-11)7-20(17)8-15-19-13(9-23-15)16(21)22/h3-6,9,14H,7-8,10H2,1-2H3,(H,21,22). The number of aromatic nitrogens is 1. The Hall–Kier alpha value is -1.89. The second-order valence-electron chi connectivity index (χ2n) is 6.48. The molecule has 1 aromatic heterocycles. The largest absolute Gasteiger partial charge is 0.476 e. The molecular formula is C17H19ClN2O4. The van der Waals surface area contributed by atoms with Crippen LogP contribution < -0.4 is 0 Å². The Labute approximate surface area is 145 Å². The highest BCUT2D eigenvalue weighted by molar-refractivity contribution is 6.30. The summed E-state index contributed by atoms with van der Waals surface area (Å²) in [5.74, 6) is -0.713. The maximum atomic E-state index is 10.9. The molecule has 1 aliphatic heterocycles. The van der Waals surface area contributed by atoms with Crippen molar-refractivity contribution in [3.8, 4) is 0 Å². The number of carboxylic acids is 1. The number of carbonyl (C=O) groups is 1. The van der Waals surface area contributed by atoms with E-state index in [2.05, 4.69) is 23.7 Å². The van der Waals surface area contributed by atoms with Gasteiger partial charge in [-0.1, -0.05) is 23.7 Å². The van der Waals surface area contributed by atoms with Crippen molar-refractivity contribution < 1.29 is 19.1 Å². The van der Waals surface area contributed by atoms with Gasteiger partial charge in [0.05, 0.1) is 19.3 Å². The van der Waals surface area contributed by atoms with Gasteiger partial charge in [-0.25, -0.2) is 9.78 Å². The van der Waals surface area contributed by atoms with E-state index in [4.69, 9.17) is 25.9 Å². The molecule has 1 aliphatic rings. The summed E-state index contributed by atoms with van der Waals surface area (Å²) in [4.78, 5) is 17.1. The van der Waals surface area contributed by atoms with E-state index < -0.39 is 5.97 Å². The first kappa shape index (κ1) is 17.0. The van der Waals surface area contributed by atoms with Crippen molar-refractivity contribution in [3.05, 3.63) is 52.7 Å². The van der Waals surface area contributed by atoms with E-state index >= 15 is 0 Å². The van der Waals surface area contributed by atoms with Gasteiger partial charge in [0, 0.05) is 17.1 Å². The van der Waals surface area contributed by atoms with E-state index in [9.17, 15) is 4.79 Å². The zero-order chi connectivity index (χ0) is 17.3. The van der Waals surface area contributed by atoms with E-state index in [0.29, 0.717) is 30.6 Å². The fourth-order valence-electron chi connectivity index (χ4n) is 2.73. The second-order valence-corrected chi connectivity index (χ2v) is 6.92. The summed E-state index contributed by atoms with van der Waals surface area (Å²) in [6.45, 7) is 5.74. The Bertz CT molecular complexity index is 744. The number of carboxylic acid groups (broad SMARTS) is 1. The van der Waals surface area contributed by atoms with Crippen molar-refractivity contribution in [2.75, 3.05) is 13.2 Å². The second kappa shape index (κ2) is 6.55. The van der Waals surface area contributed by atoms with Crippen LogP contribution in [0.1, 0.15) is 41.9 Å². The van der Waals surface area contributed by atoms with E-state index in [1.807, 2.05) is 24.3 Å². The number of ether oxygens (including phenoxy) is 1. The van der Waals surface area contributed by atoms with Gasteiger partial charge in [0.25, 0.3) is 0 Å². The molecular weight excluding hydrogens is 332 g/mol.